The molecule has 0 fully saturated rings. The van der Waals surface area contributed by atoms with Gasteiger partial charge in [0.05, 0.1) is 0 Å². The van der Waals surface area contributed by atoms with Crippen molar-refractivity contribution < 1.29 is 0 Å². The molecule has 4 heteroatoms. The van der Waals surface area contributed by atoms with E-state index in [-0.39, 0.29) is 14.5 Å². The summed E-state index contributed by atoms with van der Waals surface area (Å²) in [6.45, 7) is 2.99. The van der Waals surface area contributed by atoms with Gasteiger partial charge in [0.15, 0.2) is 0 Å². The Bertz CT molecular complexity index is 511. The third kappa shape index (κ3) is 2.29. The van der Waals surface area contributed by atoms with Crippen LogP contribution >= 0.6 is 0 Å². The zero-order chi connectivity index (χ0) is 11.4. The Morgan fingerprint density at radius 1 is 1.31 bits per heavy atom. The van der Waals surface area contributed by atoms with Crippen LogP contribution in [0.25, 0.3) is 11.3 Å². The molecule has 2 rings (SSSR count). The normalized spacial score (nSPS) is 11.9. The molecule has 0 aliphatic heterocycles. The van der Waals surface area contributed by atoms with Gasteiger partial charge >= 0.3 is 101 Å². The fraction of sp³-hybridized carbons (Fsp3) is 0.250. The van der Waals surface area contributed by atoms with E-state index >= 15 is 0 Å². The van der Waals surface area contributed by atoms with Gasteiger partial charge in [-0.1, -0.05) is 0 Å². The number of nitrogens with two attached hydrogens (primary N) is 1. The molecule has 0 saturated heterocycles. The maximum absolute atomic E-state index is 6.05. The molecule has 1 aromatic heterocycles. The van der Waals surface area contributed by atoms with Gasteiger partial charge in [-0.15, -0.1) is 0 Å². The van der Waals surface area contributed by atoms with E-state index in [0.717, 1.165) is 28.6 Å². The number of nitrogens with zero attached hydrogens (tertiary/aromatic N) is 2. The maximum atomic E-state index is 6.05. The Hall–Kier alpha value is -1.25. The van der Waals surface area contributed by atoms with Crippen LogP contribution in [-0.2, 0) is 0 Å². The SMILES string of the molecule is CCCN=c1[se]cc(-c2ccccc2)n1N. The predicted octanol–water partition coefficient (Wildman–Crippen LogP) is 1.24. The molecule has 16 heavy (non-hydrogen) atoms. The van der Waals surface area contributed by atoms with Crippen molar-refractivity contribution in [3.05, 3.63) is 39.6 Å². The molecule has 1 aromatic carbocycles. The van der Waals surface area contributed by atoms with Gasteiger partial charge in [0.2, 0.25) is 0 Å². The summed E-state index contributed by atoms with van der Waals surface area (Å²) < 4.78 is 2.75. The first-order valence-electron chi connectivity index (χ1n) is 5.34. The Morgan fingerprint density at radius 3 is 2.75 bits per heavy atom. The van der Waals surface area contributed by atoms with Crippen LogP contribution in [0.2, 0.25) is 0 Å². The summed E-state index contributed by atoms with van der Waals surface area (Å²) in [5, 5.41) is 0. The molecule has 84 valence electrons. The summed E-state index contributed by atoms with van der Waals surface area (Å²) in [6, 6.07) is 10.2. The topological polar surface area (TPSA) is 43.3 Å². The molecule has 2 aromatic rings. The van der Waals surface area contributed by atoms with E-state index in [0.29, 0.717) is 0 Å². The van der Waals surface area contributed by atoms with Crippen molar-refractivity contribution in [2.45, 2.75) is 13.3 Å². The molecular formula is C12H15N3Se. The standard InChI is InChI=1S/C12H15N3Se/c1-2-8-14-12-15(13)11(9-16-12)10-6-4-3-5-7-10/h3-7,9H,2,8,13H2,1H3. The van der Waals surface area contributed by atoms with Crippen molar-refractivity contribution in [2.24, 2.45) is 4.99 Å². The average Bonchev–Trinajstić information content (AvgIpc) is 2.69. The zero-order valence-electron chi connectivity index (χ0n) is 9.26. The molecule has 2 N–H and O–H groups in total. The second-order valence-electron chi connectivity index (χ2n) is 3.52. The summed E-state index contributed by atoms with van der Waals surface area (Å²) in [7, 11) is 0. The van der Waals surface area contributed by atoms with Gasteiger partial charge in [0.25, 0.3) is 0 Å². The van der Waals surface area contributed by atoms with E-state index < -0.39 is 0 Å². The van der Waals surface area contributed by atoms with E-state index in [4.69, 9.17) is 5.84 Å². The van der Waals surface area contributed by atoms with Crippen LogP contribution in [0.15, 0.2) is 40.3 Å². The average molecular weight is 280 g/mol. The van der Waals surface area contributed by atoms with Crippen molar-refractivity contribution in [1.82, 2.24) is 4.68 Å². The predicted molar refractivity (Wildman–Crippen MR) is 67.7 cm³/mol. The molecule has 0 bridgehead atoms. The Labute approximate surface area is 101 Å². The minimum atomic E-state index is 0.273. The van der Waals surface area contributed by atoms with Gasteiger partial charge in [-0.3, -0.25) is 0 Å². The Balaban J connectivity index is 2.42. The molecular weight excluding hydrogens is 265 g/mol. The van der Waals surface area contributed by atoms with E-state index in [2.05, 4.69) is 29.0 Å². The van der Waals surface area contributed by atoms with Crippen LogP contribution in [0.5, 0.6) is 0 Å². The van der Waals surface area contributed by atoms with Crippen LogP contribution in [0.1, 0.15) is 13.3 Å². The van der Waals surface area contributed by atoms with E-state index in [1.54, 1.807) is 4.68 Å². The summed E-state index contributed by atoms with van der Waals surface area (Å²) in [5.41, 5.74) is 2.24. The number of nitrogen functional groups attached to an aromatic ring is 1. The molecule has 0 amide bonds. The van der Waals surface area contributed by atoms with Gasteiger partial charge < -0.3 is 0 Å². The van der Waals surface area contributed by atoms with Crippen molar-refractivity contribution in [3.63, 3.8) is 0 Å². The molecule has 3 nitrogen and oxygen atoms in total. The van der Waals surface area contributed by atoms with Crippen LogP contribution < -0.4 is 10.2 Å². The third-order valence-electron chi connectivity index (χ3n) is 2.28. The first-order valence-corrected chi connectivity index (χ1v) is 7.19. The van der Waals surface area contributed by atoms with Crippen LogP contribution in [-0.4, -0.2) is 25.7 Å². The Kier molecular flexibility index (Phi) is 3.65. The summed E-state index contributed by atoms with van der Waals surface area (Å²) in [6.07, 6.45) is 1.06. The number of hydrogen-bond acceptors (Lipinski definition) is 2. The number of aromatic nitrogens is 1. The van der Waals surface area contributed by atoms with Crippen LogP contribution in [0.3, 0.4) is 0 Å². The van der Waals surface area contributed by atoms with E-state index in [1.165, 1.54) is 0 Å². The Morgan fingerprint density at radius 2 is 2.06 bits per heavy atom. The first kappa shape index (κ1) is 11.2. The van der Waals surface area contributed by atoms with Gasteiger partial charge in [0, 0.05) is 0 Å². The molecule has 0 spiro atoms. The second-order valence-corrected chi connectivity index (χ2v) is 5.28. The van der Waals surface area contributed by atoms with Crippen LogP contribution in [0.4, 0.5) is 0 Å². The third-order valence-corrected chi connectivity index (χ3v) is 4.12. The number of benzene rings is 1. The van der Waals surface area contributed by atoms with Crippen LogP contribution in [0, 0.1) is 0 Å². The van der Waals surface area contributed by atoms with Gasteiger partial charge in [-0.2, -0.15) is 0 Å². The fourth-order valence-electron chi connectivity index (χ4n) is 1.46. The molecule has 0 aliphatic rings. The van der Waals surface area contributed by atoms with Crippen molar-refractivity contribution >= 4 is 14.5 Å². The van der Waals surface area contributed by atoms with Crippen molar-refractivity contribution in [1.29, 1.82) is 0 Å². The summed E-state index contributed by atoms with van der Waals surface area (Å²) in [5.74, 6) is 6.05. The van der Waals surface area contributed by atoms with Gasteiger partial charge in [-0.25, -0.2) is 0 Å². The molecule has 1 heterocycles. The van der Waals surface area contributed by atoms with Gasteiger partial charge in [-0.05, 0) is 0 Å². The second kappa shape index (κ2) is 5.19. The molecule has 0 unspecified atom stereocenters. The van der Waals surface area contributed by atoms with Crippen molar-refractivity contribution in [2.75, 3.05) is 12.4 Å². The number of rotatable bonds is 3. The summed E-state index contributed by atoms with van der Waals surface area (Å²) >= 11 is 0.273. The fourth-order valence-corrected chi connectivity index (χ4v) is 3.23. The first-order chi connectivity index (χ1) is 7.83. The zero-order valence-corrected chi connectivity index (χ0v) is 11.0. The molecule has 0 radical (unpaired) electrons. The molecule has 0 saturated carbocycles. The van der Waals surface area contributed by atoms with E-state index in [9.17, 15) is 0 Å². The van der Waals surface area contributed by atoms with Crippen molar-refractivity contribution in [3.8, 4) is 11.3 Å². The molecule has 0 aliphatic carbocycles. The quantitative estimate of drug-likeness (QED) is 0.667. The van der Waals surface area contributed by atoms with E-state index in [1.807, 2.05) is 18.2 Å². The number of hydrogen-bond donors (Lipinski definition) is 1. The summed E-state index contributed by atoms with van der Waals surface area (Å²) in [4.78, 5) is 6.68. The molecule has 0 atom stereocenters. The van der Waals surface area contributed by atoms with Gasteiger partial charge in [0.1, 0.15) is 0 Å². The minimum absolute atomic E-state index is 0.273. The monoisotopic (exact) mass is 281 g/mol.